The van der Waals surface area contributed by atoms with Crippen LogP contribution in [0.2, 0.25) is 0 Å². The Hall–Kier alpha value is -2.39. The Morgan fingerprint density at radius 1 is 0.977 bits per heavy atom. The molecule has 0 saturated carbocycles. The van der Waals surface area contributed by atoms with Gasteiger partial charge >= 0.3 is 5.97 Å². The Kier molecular flexibility index (Phi) is 13.1. The van der Waals surface area contributed by atoms with Crippen LogP contribution in [-0.2, 0) is 28.5 Å². The molecule has 0 aliphatic carbocycles. The van der Waals surface area contributed by atoms with E-state index in [-0.39, 0.29) is 24.7 Å². The van der Waals surface area contributed by atoms with Crippen molar-refractivity contribution in [2.75, 3.05) is 43.2 Å². The van der Waals surface area contributed by atoms with Gasteiger partial charge in [0.15, 0.2) is 24.4 Å². The molecule has 3 rings (SSSR count). The maximum atomic E-state index is 12.0. The lowest BCUT2D eigenvalue weighted by Crippen LogP contribution is -2.68. The van der Waals surface area contributed by atoms with Crippen LogP contribution in [-0.4, -0.2) is 142 Å². The summed E-state index contributed by atoms with van der Waals surface area (Å²) >= 11 is 1.52. The monoisotopic (exact) mass is 638 g/mol. The molecule has 0 spiro atoms. The van der Waals surface area contributed by atoms with Gasteiger partial charge in [0, 0.05) is 19.2 Å². The van der Waals surface area contributed by atoms with Gasteiger partial charge in [0.25, 0.3) is 10.9 Å². The second-order valence-corrected chi connectivity index (χ2v) is 11.1. The van der Waals surface area contributed by atoms with Gasteiger partial charge in [0.2, 0.25) is 5.91 Å². The van der Waals surface area contributed by atoms with Gasteiger partial charge in [-0.1, -0.05) is 0 Å². The van der Waals surface area contributed by atoms with Crippen LogP contribution < -0.4 is 26.2 Å². The quantitative estimate of drug-likeness (QED) is 0.0635. The molecule has 17 nitrogen and oxygen atoms in total. The van der Waals surface area contributed by atoms with Crippen LogP contribution in [0.4, 0.5) is 5.69 Å². The van der Waals surface area contributed by atoms with Crippen LogP contribution in [0.25, 0.3) is 0 Å². The topological polar surface area (TPSA) is 260 Å². The fourth-order valence-electron chi connectivity index (χ4n) is 4.60. The van der Waals surface area contributed by atoms with Gasteiger partial charge in [-0.25, -0.2) is 4.79 Å². The molecular formula is C25H38N2O15S. The van der Waals surface area contributed by atoms with Crippen molar-refractivity contribution in [2.24, 2.45) is 0 Å². The molecular weight excluding hydrogens is 600 g/mol. The lowest BCUT2D eigenvalue weighted by molar-refractivity contribution is -0.340. The number of aliphatic carboxylic acids is 1. The number of hydrogen-bond donors (Lipinski definition) is 8. The van der Waals surface area contributed by atoms with Crippen LogP contribution >= 0.6 is 11.8 Å². The molecule has 2 aliphatic rings. The summed E-state index contributed by atoms with van der Waals surface area (Å²) in [6, 6.07) is -1.23. The van der Waals surface area contributed by atoms with Crippen LogP contribution in [0, 0.1) is 0 Å². The minimum Gasteiger partial charge on any atom is -0.488 e. The van der Waals surface area contributed by atoms with E-state index in [1.165, 1.54) is 18.7 Å². The maximum absolute atomic E-state index is 12.0. The third-order valence-corrected chi connectivity index (χ3v) is 7.82. The number of carbonyl (C=O) groups is 2. The van der Waals surface area contributed by atoms with Crippen molar-refractivity contribution in [3.8, 4) is 5.75 Å². The van der Waals surface area contributed by atoms with Crippen LogP contribution in [0.15, 0.2) is 9.59 Å². The fourth-order valence-corrected chi connectivity index (χ4v) is 5.38. The van der Waals surface area contributed by atoms with Crippen molar-refractivity contribution in [1.82, 2.24) is 5.32 Å². The molecule has 43 heavy (non-hydrogen) atoms. The predicted octanol–water partition coefficient (Wildman–Crippen LogP) is -3.91. The SMILES string of the molecule is CCOc1c(NCCSCCCO[C@@H]2O[C@H](CO)[C@H](O)[C@H](O[C@@H]3O[C@H](C(=O)O)[C@@H](O)[C@H](O)[C@H]3O)[C@H]2NC(C)=O)c(=O)c1=O. The molecule has 0 bridgehead atoms. The highest BCUT2D eigenvalue weighted by Gasteiger charge is 2.52. The van der Waals surface area contributed by atoms with E-state index in [1.54, 1.807) is 6.92 Å². The van der Waals surface area contributed by atoms with Gasteiger partial charge in [-0.2, -0.15) is 11.8 Å². The first-order valence-corrected chi connectivity index (χ1v) is 14.8. The first-order chi connectivity index (χ1) is 20.4. The van der Waals surface area contributed by atoms with E-state index >= 15 is 0 Å². The van der Waals surface area contributed by atoms with Crippen molar-refractivity contribution in [3.05, 3.63) is 20.4 Å². The van der Waals surface area contributed by atoms with Crippen molar-refractivity contribution >= 4 is 29.3 Å². The summed E-state index contributed by atoms with van der Waals surface area (Å²) in [7, 11) is 0. The molecule has 1 aromatic rings. The average Bonchev–Trinajstić information content (AvgIpc) is 2.97. The van der Waals surface area contributed by atoms with Crippen LogP contribution in [0.1, 0.15) is 20.3 Å². The largest absolute Gasteiger partial charge is 0.488 e. The first-order valence-electron chi connectivity index (χ1n) is 13.6. The number of carboxylic acids is 1. The lowest BCUT2D eigenvalue weighted by Gasteiger charge is -2.47. The summed E-state index contributed by atoms with van der Waals surface area (Å²) < 4.78 is 27.4. The highest BCUT2D eigenvalue weighted by atomic mass is 32.2. The van der Waals surface area contributed by atoms with E-state index in [0.29, 0.717) is 24.5 Å². The number of hydrogen-bond acceptors (Lipinski definition) is 16. The number of aliphatic hydroxyl groups is 5. The Labute approximate surface area is 249 Å². The molecule has 2 fully saturated rings. The molecule has 1 amide bonds. The molecule has 0 radical (unpaired) electrons. The Bertz CT molecular complexity index is 1150. The third kappa shape index (κ3) is 8.41. The number of thioether (sulfide) groups is 1. The van der Waals surface area contributed by atoms with Crippen molar-refractivity contribution in [3.63, 3.8) is 0 Å². The molecule has 2 heterocycles. The third-order valence-electron chi connectivity index (χ3n) is 6.75. The van der Waals surface area contributed by atoms with E-state index in [4.69, 9.17) is 23.7 Å². The number of aliphatic hydroxyl groups excluding tert-OH is 5. The minimum atomic E-state index is -1.97. The molecule has 2 aliphatic heterocycles. The first kappa shape index (κ1) is 35.1. The Morgan fingerprint density at radius 3 is 2.33 bits per heavy atom. The van der Waals surface area contributed by atoms with E-state index < -0.39 is 90.7 Å². The molecule has 8 N–H and O–H groups in total. The summed E-state index contributed by atoms with van der Waals surface area (Å²) in [6.45, 7) is 2.96. The van der Waals surface area contributed by atoms with E-state index in [1.807, 2.05) is 0 Å². The van der Waals surface area contributed by atoms with E-state index in [9.17, 15) is 49.8 Å². The molecule has 10 atom stereocenters. The Morgan fingerprint density at radius 2 is 1.70 bits per heavy atom. The zero-order valence-corrected chi connectivity index (χ0v) is 24.3. The minimum absolute atomic E-state index is 0.0423. The Balaban J connectivity index is 1.56. The lowest BCUT2D eigenvalue weighted by atomic mass is 9.95. The molecule has 0 aromatic heterocycles. The number of carbonyl (C=O) groups excluding carboxylic acids is 1. The number of nitrogens with one attached hydrogen (secondary N) is 2. The molecule has 0 unspecified atom stereocenters. The zero-order valence-electron chi connectivity index (χ0n) is 23.5. The summed E-state index contributed by atoms with van der Waals surface area (Å²) in [6.07, 6.45) is -14.8. The average molecular weight is 639 g/mol. The van der Waals surface area contributed by atoms with Crippen LogP contribution in [0.3, 0.4) is 0 Å². The zero-order chi connectivity index (χ0) is 31.8. The number of anilines is 1. The predicted molar refractivity (Wildman–Crippen MR) is 147 cm³/mol. The smallest absolute Gasteiger partial charge is 0.335 e. The number of carboxylic acid groups (broad SMARTS) is 1. The number of amides is 1. The van der Waals surface area contributed by atoms with Crippen molar-refractivity contribution in [1.29, 1.82) is 0 Å². The van der Waals surface area contributed by atoms with Gasteiger partial charge in [-0.3, -0.25) is 14.4 Å². The standard InChI is InChI=1S/C25H38N2O15S/c1-3-38-20-12(15(31)17(20)33)26-5-8-43-7-4-6-39-24-13(27-10(2)29)21(14(30)11(9-28)40-24)41-25-19(35)16(32)18(34)22(42-25)23(36)37/h11,13-14,16,18-19,21-22,24-26,28,30,32,34-35H,3-9H2,1-2H3,(H,27,29)(H,36,37)/t11-,13-,14+,16+,18+,19-,21-,22+,24-,25-/m1/s1. The van der Waals surface area contributed by atoms with E-state index in [0.717, 1.165) is 0 Å². The van der Waals surface area contributed by atoms with Crippen molar-refractivity contribution < 1.29 is 63.9 Å². The number of rotatable bonds is 16. The summed E-state index contributed by atoms with van der Waals surface area (Å²) in [4.78, 5) is 46.6. The molecule has 244 valence electrons. The fraction of sp³-hybridized carbons (Fsp3) is 0.760. The second-order valence-electron chi connectivity index (χ2n) is 9.84. The molecule has 2 saturated heterocycles. The summed E-state index contributed by atoms with van der Waals surface area (Å²) in [5.41, 5.74) is -1.10. The highest BCUT2D eigenvalue weighted by molar-refractivity contribution is 7.99. The maximum Gasteiger partial charge on any atom is 0.335 e. The highest BCUT2D eigenvalue weighted by Crippen LogP contribution is 2.30. The summed E-state index contributed by atoms with van der Waals surface area (Å²) in [5.74, 6) is -0.976. The van der Waals surface area contributed by atoms with Crippen LogP contribution in [0.5, 0.6) is 5.75 Å². The normalized spacial score (nSPS) is 32.8. The van der Waals surface area contributed by atoms with Gasteiger partial charge in [-0.05, 0) is 19.1 Å². The van der Waals surface area contributed by atoms with Crippen molar-refractivity contribution in [2.45, 2.75) is 81.6 Å². The number of ether oxygens (including phenoxy) is 5. The molecule has 18 heteroatoms. The van der Waals surface area contributed by atoms with E-state index in [2.05, 4.69) is 10.6 Å². The second kappa shape index (κ2) is 16.1. The summed E-state index contributed by atoms with van der Waals surface area (Å²) in [5, 5.41) is 65.8. The van der Waals surface area contributed by atoms with Gasteiger partial charge in [-0.15, -0.1) is 0 Å². The van der Waals surface area contributed by atoms with Gasteiger partial charge in [0.1, 0.15) is 48.4 Å². The molecule has 1 aromatic carbocycles. The van der Waals surface area contributed by atoms with Gasteiger partial charge < -0.3 is 65.0 Å². The van der Waals surface area contributed by atoms with Gasteiger partial charge in [0.05, 0.1) is 19.8 Å².